The minimum absolute atomic E-state index is 0.249. The van der Waals surface area contributed by atoms with Gasteiger partial charge in [0, 0.05) is 51.2 Å². The van der Waals surface area contributed by atoms with Crippen LogP contribution in [-0.2, 0) is 24.3 Å². The Morgan fingerprint density at radius 3 is 2.54 bits per heavy atom. The summed E-state index contributed by atoms with van der Waals surface area (Å²) < 4.78 is 0. The molecule has 1 aromatic carbocycles. The molecule has 0 bridgehead atoms. The predicted octanol–water partition coefficient (Wildman–Crippen LogP) is 2.56. The van der Waals surface area contributed by atoms with E-state index in [9.17, 15) is 4.79 Å². The van der Waals surface area contributed by atoms with Gasteiger partial charge in [0.25, 0.3) is 0 Å². The number of pyridine rings is 1. The third kappa shape index (κ3) is 4.59. The van der Waals surface area contributed by atoms with Crippen molar-refractivity contribution in [3.8, 4) is 0 Å². The Hall–Kier alpha value is -2.24. The molecule has 2 aliphatic rings. The summed E-state index contributed by atoms with van der Waals surface area (Å²) in [7, 11) is 2.01. The molecule has 1 aromatic heterocycles. The number of likely N-dealkylation sites (N-methyl/N-ethyl adjacent to an activating group) is 1. The summed E-state index contributed by atoms with van der Waals surface area (Å²) in [6.45, 7) is 5.21. The Kier molecular flexibility index (Phi) is 6.03. The molecule has 0 aliphatic carbocycles. The first-order valence-corrected chi connectivity index (χ1v) is 10.3. The summed E-state index contributed by atoms with van der Waals surface area (Å²) in [4.78, 5) is 23.5. The molecule has 2 aliphatic heterocycles. The second-order valence-electron chi connectivity index (χ2n) is 8.13. The minimum Gasteiger partial charge on any atom is -0.341 e. The molecular formula is C23H30N4O. The Labute approximate surface area is 168 Å². The number of hydrogen-bond acceptors (Lipinski definition) is 4. The molecule has 1 fully saturated rings. The molecule has 4 rings (SSSR count). The fourth-order valence-electron chi connectivity index (χ4n) is 4.50. The van der Waals surface area contributed by atoms with Crippen molar-refractivity contribution in [2.24, 2.45) is 0 Å². The summed E-state index contributed by atoms with van der Waals surface area (Å²) in [6.07, 6.45) is 6.92. The molecule has 0 N–H and O–H groups in total. The number of rotatable bonds is 5. The standard InChI is InChI=1S/C23H30N4O/c1-25(16-19-6-11-24-12-7-19)18-23(28)26-14-9-22(10-15-26)27-13-8-20-4-2-3-5-21(20)17-27/h2-7,11-12,22H,8-10,13-18H2,1H3. The van der Waals surface area contributed by atoms with E-state index in [1.807, 2.05) is 19.2 Å². The zero-order chi connectivity index (χ0) is 19.3. The molecule has 1 saturated heterocycles. The lowest BCUT2D eigenvalue weighted by Gasteiger charge is -2.41. The number of fused-ring (bicyclic) bond motifs is 1. The first kappa shape index (κ1) is 19.1. The van der Waals surface area contributed by atoms with Gasteiger partial charge < -0.3 is 4.90 Å². The number of carbonyl (C=O) groups is 1. The fourth-order valence-corrected chi connectivity index (χ4v) is 4.50. The van der Waals surface area contributed by atoms with Crippen molar-refractivity contribution in [1.29, 1.82) is 0 Å². The van der Waals surface area contributed by atoms with E-state index in [2.05, 4.69) is 43.9 Å². The first-order chi connectivity index (χ1) is 13.7. The third-order valence-corrected chi connectivity index (χ3v) is 6.10. The highest BCUT2D eigenvalue weighted by atomic mass is 16.2. The molecular weight excluding hydrogens is 348 g/mol. The lowest BCUT2D eigenvalue weighted by molar-refractivity contribution is -0.133. The third-order valence-electron chi connectivity index (χ3n) is 6.10. The van der Waals surface area contributed by atoms with Gasteiger partial charge in [-0.25, -0.2) is 0 Å². The number of benzene rings is 1. The smallest absolute Gasteiger partial charge is 0.236 e. The van der Waals surface area contributed by atoms with E-state index in [-0.39, 0.29) is 5.91 Å². The molecule has 5 heteroatoms. The van der Waals surface area contributed by atoms with Gasteiger partial charge in [-0.2, -0.15) is 0 Å². The Bertz CT molecular complexity index is 786. The maximum atomic E-state index is 12.7. The molecule has 1 amide bonds. The van der Waals surface area contributed by atoms with E-state index in [0.29, 0.717) is 12.6 Å². The molecule has 0 atom stereocenters. The van der Waals surface area contributed by atoms with Gasteiger partial charge in [0.1, 0.15) is 0 Å². The van der Waals surface area contributed by atoms with Gasteiger partial charge in [0.2, 0.25) is 5.91 Å². The second-order valence-corrected chi connectivity index (χ2v) is 8.13. The van der Waals surface area contributed by atoms with Crippen molar-refractivity contribution in [3.05, 3.63) is 65.5 Å². The van der Waals surface area contributed by atoms with E-state index >= 15 is 0 Å². The number of aromatic nitrogens is 1. The van der Waals surface area contributed by atoms with Crippen LogP contribution in [0.2, 0.25) is 0 Å². The lowest BCUT2D eigenvalue weighted by Crippen LogP contribution is -2.49. The maximum absolute atomic E-state index is 12.7. The van der Waals surface area contributed by atoms with Crippen LogP contribution in [0.15, 0.2) is 48.8 Å². The molecule has 3 heterocycles. The van der Waals surface area contributed by atoms with Crippen LogP contribution in [0.3, 0.4) is 0 Å². The molecule has 148 valence electrons. The molecule has 28 heavy (non-hydrogen) atoms. The summed E-state index contributed by atoms with van der Waals surface area (Å²) in [5, 5.41) is 0. The van der Waals surface area contributed by atoms with Crippen LogP contribution in [0.5, 0.6) is 0 Å². The zero-order valence-electron chi connectivity index (χ0n) is 16.8. The maximum Gasteiger partial charge on any atom is 0.236 e. The average Bonchev–Trinajstić information content (AvgIpc) is 2.74. The van der Waals surface area contributed by atoms with Crippen molar-refractivity contribution < 1.29 is 4.79 Å². The average molecular weight is 379 g/mol. The molecule has 0 radical (unpaired) electrons. The SMILES string of the molecule is CN(CC(=O)N1CCC(N2CCc3ccccc3C2)CC1)Cc1ccncc1. The topological polar surface area (TPSA) is 39.7 Å². The molecule has 0 unspecified atom stereocenters. The number of hydrogen-bond donors (Lipinski definition) is 0. The van der Waals surface area contributed by atoms with Crippen molar-refractivity contribution >= 4 is 5.91 Å². The van der Waals surface area contributed by atoms with E-state index in [0.717, 1.165) is 52.0 Å². The molecule has 0 spiro atoms. The predicted molar refractivity (Wildman–Crippen MR) is 111 cm³/mol. The van der Waals surface area contributed by atoms with E-state index in [1.165, 1.54) is 16.7 Å². The van der Waals surface area contributed by atoms with Crippen molar-refractivity contribution in [1.82, 2.24) is 19.7 Å². The van der Waals surface area contributed by atoms with Crippen LogP contribution in [0, 0.1) is 0 Å². The van der Waals surface area contributed by atoms with E-state index in [1.54, 1.807) is 12.4 Å². The normalized spacial score (nSPS) is 18.3. The van der Waals surface area contributed by atoms with Gasteiger partial charge in [0.15, 0.2) is 0 Å². The van der Waals surface area contributed by atoms with Crippen LogP contribution >= 0.6 is 0 Å². The largest absolute Gasteiger partial charge is 0.341 e. The minimum atomic E-state index is 0.249. The Morgan fingerprint density at radius 1 is 1.07 bits per heavy atom. The van der Waals surface area contributed by atoms with Crippen molar-refractivity contribution in [2.75, 3.05) is 33.2 Å². The van der Waals surface area contributed by atoms with Crippen LogP contribution in [0.4, 0.5) is 0 Å². The highest BCUT2D eigenvalue weighted by Gasteiger charge is 2.29. The van der Waals surface area contributed by atoms with E-state index in [4.69, 9.17) is 0 Å². The van der Waals surface area contributed by atoms with Gasteiger partial charge in [-0.15, -0.1) is 0 Å². The summed E-state index contributed by atoms with van der Waals surface area (Å²) in [5.74, 6) is 0.249. The van der Waals surface area contributed by atoms with Gasteiger partial charge >= 0.3 is 0 Å². The summed E-state index contributed by atoms with van der Waals surface area (Å²) in [6, 6.07) is 13.4. The number of amides is 1. The van der Waals surface area contributed by atoms with Crippen molar-refractivity contribution in [2.45, 2.75) is 38.4 Å². The second kappa shape index (κ2) is 8.84. The highest BCUT2D eigenvalue weighted by Crippen LogP contribution is 2.25. The van der Waals surface area contributed by atoms with Gasteiger partial charge in [0.05, 0.1) is 6.54 Å². The first-order valence-electron chi connectivity index (χ1n) is 10.3. The van der Waals surface area contributed by atoms with Gasteiger partial charge in [-0.05, 0) is 55.1 Å². The highest BCUT2D eigenvalue weighted by molar-refractivity contribution is 5.78. The molecule has 0 saturated carbocycles. The van der Waals surface area contributed by atoms with Crippen LogP contribution in [0.25, 0.3) is 0 Å². The monoisotopic (exact) mass is 378 g/mol. The van der Waals surface area contributed by atoms with Gasteiger partial charge in [-0.1, -0.05) is 24.3 Å². The summed E-state index contributed by atoms with van der Waals surface area (Å²) in [5.41, 5.74) is 4.17. The van der Waals surface area contributed by atoms with E-state index < -0.39 is 0 Å². The van der Waals surface area contributed by atoms with Gasteiger partial charge in [-0.3, -0.25) is 19.6 Å². The van der Waals surface area contributed by atoms with Crippen LogP contribution < -0.4 is 0 Å². The number of likely N-dealkylation sites (tertiary alicyclic amines) is 1. The quantitative estimate of drug-likeness (QED) is 0.802. The number of piperidine rings is 1. The number of nitrogens with zero attached hydrogens (tertiary/aromatic N) is 4. The zero-order valence-corrected chi connectivity index (χ0v) is 16.8. The lowest BCUT2D eigenvalue weighted by atomic mass is 9.95. The van der Waals surface area contributed by atoms with Crippen molar-refractivity contribution in [3.63, 3.8) is 0 Å². The molecule has 5 nitrogen and oxygen atoms in total. The number of carbonyl (C=O) groups excluding carboxylic acids is 1. The molecule has 2 aromatic rings. The Balaban J connectivity index is 1.24. The Morgan fingerprint density at radius 2 is 1.79 bits per heavy atom. The summed E-state index contributed by atoms with van der Waals surface area (Å²) >= 11 is 0. The van der Waals surface area contributed by atoms with Crippen LogP contribution in [-0.4, -0.2) is 64.9 Å². The fraction of sp³-hybridized carbons (Fsp3) is 0.478. The van der Waals surface area contributed by atoms with Crippen LogP contribution in [0.1, 0.15) is 29.5 Å².